The molecule has 1 heterocycles. The summed E-state index contributed by atoms with van der Waals surface area (Å²) in [6.07, 6.45) is 0. The van der Waals surface area contributed by atoms with Crippen molar-refractivity contribution in [2.24, 2.45) is 5.16 Å². The maximum Gasteiger partial charge on any atom is 0.347 e. The van der Waals surface area contributed by atoms with Gasteiger partial charge in [0.2, 0.25) is 6.61 Å². The van der Waals surface area contributed by atoms with Crippen LogP contribution in [-0.4, -0.2) is 73.4 Å². The molecular weight excluding hydrogens is 578 g/mol. The molecule has 0 spiro atoms. The van der Waals surface area contributed by atoms with Crippen LogP contribution < -0.4 is 4.74 Å². The van der Waals surface area contributed by atoms with Crippen LogP contribution in [-0.2, 0) is 19.2 Å². The van der Waals surface area contributed by atoms with Gasteiger partial charge in [0.15, 0.2) is 6.61 Å². The average Bonchev–Trinajstić information content (AvgIpc) is 3.09. The van der Waals surface area contributed by atoms with Gasteiger partial charge in [0.05, 0.1) is 18.4 Å². The molecule has 0 aromatic heterocycles. The van der Waals surface area contributed by atoms with Gasteiger partial charge in [-0.3, -0.25) is 9.69 Å². The number of hydrogen-bond donors (Lipinski definition) is 0. The van der Waals surface area contributed by atoms with Crippen LogP contribution >= 0.6 is 0 Å². The Kier molecular flexibility index (Phi) is 11.2. The van der Waals surface area contributed by atoms with Crippen molar-refractivity contribution >= 4 is 17.6 Å². The Labute approximate surface area is 271 Å². The summed E-state index contributed by atoms with van der Waals surface area (Å²) in [4.78, 5) is 34.1. The molecule has 0 radical (unpaired) electrons. The van der Waals surface area contributed by atoms with E-state index in [9.17, 15) is 9.59 Å². The molecule has 8 heteroatoms. The van der Waals surface area contributed by atoms with Crippen LogP contribution in [0.15, 0.2) is 108 Å². The molecule has 1 unspecified atom stereocenters. The van der Waals surface area contributed by atoms with Crippen molar-refractivity contribution in [1.29, 1.82) is 0 Å². The minimum absolute atomic E-state index is 0.0102. The maximum atomic E-state index is 13.2. The van der Waals surface area contributed by atoms with Gasteiger partial charge in [0.1, 0.15) is 5.75 Å². The smallest absolute Gasteiger partial charge is 0.347 e. The molecule has 4 aromatic carbocycles. The van der Waals surface area contributed by atoms with E-state index in [4.69, 9.17) is 14.3 Å². The predicted molar refractivity (Wildman–Crippen MR) is 180 cm³/mol. The van der Waals surface area contributed by atoms with Crippen molar-refractivity contribution in [1.82, 2.24) is 9.80 Å². The molecule has 0 N–H and O–H groups in total. The molecule has 4 aromatic rings. The largest absolute Gasteiger partial charge is 0.484 e. The van der Waals surface area contributed by atoms with Crippen molar-refractivity contribution in [3.63, 3.8) is 0 Å². The first-order chi connectivity index (χ1) is 22.4. The molecule has 0 aliphatic carbocycles. The van der Waals surface area contributed by atoms with Gasteiger partial charge in [0, 0.05) is 26.2 Å². The van der Waals surface area contributed by atoms with Crippen molar-refractivity contribution in [2.45, 2.75) is 26.8 Å². The number of nitrogens with zero attached hydrogens (tertiary/aromatic N) is 3. The second-order valence-corrected chi connectivity index (χ2v) is 11.2. The fraction of sp³-hybridized carbons (Fsp3) is 0.289. The Morgan fingerprint density at radius 1 is 0.804 bits per heavy atom. The number of hydrogen-bond acceptors (Lipinski definition) is 7. The minimum Gasteiger partial charge on any atom is -0.484 e. The van der Waals surface area contributed by atoms with Crippen molar-refractivity contribution in [2.75, 3.05) is 46.0 Å². The van der Waals surface area contributed by atoms with Crippen LogP contribution in [0.1, 0.15) is 42.1 Å². The molecule has 1 saturated heterocycles. The molecule has 238 valence electrons. The van der Waals surface area contributed by atoms with Gasteiger partial charge in [0.25, 0.3) is 5.91 Å². The third kappa shape index (κ3) is 8.40. The van der Waals surface area contributed by atoms with Crippen molar-refractivity contribution in [3.8, 4) is 16.9 Å². The second kappa shape index (κ2) is 15.9. The zero-order valence-electron chi connectivity index (χ0n) is 26.7. The van der Waals surface area contributed by atoms with Gasteiger partial charge in [-0.15, -0.1) is 0 Å². The molecule has 8 nitrogen and oxygen atoms in total. The van der Waals surface area contributed by atoms with Crippen LogP contribution in [0, 0.1) is 6.92 Å². The molecule has 0 saturated carbocycles. The summed E-state index contributed by atoms with van der Waals surface area (Å²) in [6.45, 7) is 8.67. The monoisotopic (exact) mass is 619 g/mol. The highest BCUT2D eigenvalue weighted by Crippen LogP contribution is 2.31. The van der Waals surface area contributed by atoms with E-state index in [-0.39, 0.29) is 25.2 Å². The number of aryl methyl sites for hydroxylation is 1. The van der Waals surface area contributed by atoms with E-state index in [0.717, 1.165) is 29.8 Å². The van der Waals surface area contributed by atoms with Crippen molar-refractivity contribution < 1.29 is 23.9 Å². The number of rotatable bonds is 12. The van der Waals surface area contributed by atoms with Gasteiger partial charge in [-0.2, -0.15) is 0 Å². The van der Waals surface area contributed by atoms with Crippen LogP contribution in [0.25, 0.3) is 11.1 Å². The van der Waals surface area contributed by atoms with Gasteiger partial charge >= 0.3 is 5.97 Å². The lowest BCUT2D eigenvalue weighted by molar-refractivity contribution is -0.148. The summed E-state index contributed by atoms with van der Waals surface area (Å²) in [6, 6.07) is 34.9. The number of oxime groups is 1. The number of piperazine rings is 1. The van der Waals surface area contributed by atoms with E-state index < -0.39 is 5.97 Å². The number of amides is 1. The van der Waals surface area contributed by atoms with E-state index in [2.05, 4.69) is 65.5 Å². The molecule has 1 amide bonds. The predicted octanol–water partition coefficient (Wildman–Crippen LogP) is 6.28. The van der Waals surface area contributed by atoms with Crippen LogP contribution in [0.2, 0.25) is 0 Å². The highest BCUT2D eigenvalue weighted by Gasteiger charge is 2.29. The fourth-order valence-corrected chi connectivity index (χ4v) is 5.69. The number of carbonyl (C=O) groups excluding carboxylic acids is 2. The van der Waals surface area contributed by atoms with E-state index in [1.54, 1.807) is 6.92 Å². The van der Waals surface area contributed by atoms with E-state index in [1.165, 1.54) is 16.7 Å². The lowest BCUT2D eigenvalue weighted by atomic mass is 9.93. The maximum absolute atomic E-state index is 13.2. The van der Waals surface area contributed by atoms with E-state index >= 15 is 0 Å². The highest BCUT2D eigenvalue weighted by molar-refractivity contribution is 5.98. The molecule has 0 bridgehead atoms. The van der Waals surface area contributed by atoms with Crippen molar-refractivity contribution in [3.05, 3.63) is 125 Å². The second-order valence-electron chi connectivity index (χ2n) is 11.2. The van der Waals surface area contributed by atoms with Crippen LogP contribution in [0.5, 0.6) is 5.75 Å². The normalized spacial score (nSPS) is 14.4. The zero-order valence-corrected chi connectivity index (χ0v) is 26.7. The molecular formula is C38H41N3O5. The zero-order chi connectivity index (χ0) is 32.3. The average molecular weight is 620 g/mol. The Morgan fingerprint density at radius 2 is 1.52 bits per heavy atom. The Bertz CT molecular complexity index is 1630. The first kappa shape index (κ1) is 32.4. The standard InChI is InChI=1S/C38H41N3O5/c1-4-44-37(43)27-46-39-29(3)30-17-19-31(20-18-30)33-14-10-15-34(25-33)45-26-36(42)40-21-23-41(24-22-40)38(32-12-6-5-7-13-32)35-16-9-8-11-28(35)2/h5-20,25,38H,4,21-24,26-27H2,1-3H3. The van der Waals surface area contributed by atoms with Gasteiger partial charge in [-0.25, -0.2) is 4.79 Å². The summed E-state index contributed by atoms with van der Waals surface area (Å²) >= 11 is 0. The Hall–Kier alpha value is -4.95. The van der Waals surface area contributed by atoms with Gasteiger partial charge in [-0.1, -0.05) is 96.2 Å². The quantitative estimate of drug-likeness (QED) is 0.106. The van der Waals surface area contributed by atoms with Crippen LogP contribution in [0.4, 0.5) is 0 Å². The first-order valence-electron chi connectivity index (χ1n) is 15.7. The molecule has 1 aliphatic heterocycles. The fourth-order valence-electron chi connectivity index (χ4n) is 5.69. The number of esters is 1. The Morgan fingerprint density at radius 3 is 2.24 bits per heavy atom. The van der Waals surface area contributed by atoms with Gasteiger partial charge in [-0.05, 0) is 66.3 Å². The first-order valence-corrected chi connectivity index (χ1v) is 15.7. The molecule has 1 aliphatic rings. The third-order valence-electron chi connectivity index (χ3n) is 8.15. The summed E-state index contributed by atoms with van der Waals surface area (Å²) < 4.78 is 10.8. The lowest BCUT2D eigenvalue weighted by Gasteiger charge is -2.40. The Balaban J connectivity index is 1.15. The summed E-state index contributed by atoms with van der Waals surface area (Å²) in [5.41, 5.74) is 7.33. The minimum atomic E-state index is -0.452. The molecule has 1 fully saturated rings. The topological polar surface area (TPSA) is 80.7 Å². The molecule has 1 atom stereocenters. The highest BCUT2D eigenvalue weighted by atomic mass is 16.7. The molecule has 5 rings (SSSR count). The lowest BCUT2D eigenvalue weighted by Crippen LogP contribution is -2.51. The van der Waals surface area contributed by atoms with Crippen LogP contribution in [0.3, 0.4) is 0 Å². The number of ether oxygens (including phenoxy) is 2. The SMILES string of the molecule is CCOC(=O)CON=C(C)c1ccc(-c2cccc(OCC(=O)N3CCN(C(c4ccccc4)c4ccccc4C)CC3)c2)cc1. The summed E-state index contributed by atoms with van der Waals surface area (Å²) in [7, 11) is 0. The number of benzene rings is 4. The molecule has 46 heavy (non-hydrogen) atoms. The summed E-state index contributed by atoms with van der Waals surface area (Å²) in [5.74, 6) is 0.176. The van der Waals surface area contributed by atoms with Gasteiger partial charge < -0.3 is 19.2 Å². The third-order valence-corrected chi connectivity index (χ3v) is 8.15. The summed E-state index contributed by atoms with van der Waals surface area (Å²) in [5, 5.41) is 4.01. The number of carbonyl (C=O) groups is 2. The van der Waals surface area contributed by atoms with E-state index in [1.807, 2.05) is 66.4 Å². The van der Waals surface area contributed by atoms with E-state index in [0.29, 0.717) is 31.2 Å².